The van der Waals surface area contributed by atoms with Crippen LogP contribution >= 0.6 is 0 Å². The van der Waals surface area contributed by atoms with Crippen molar-refractivity contribution in [2.75, 3.05) is 51.6 Å². The minimum Gasteiger partial charge on any atom is -0.353 e. The molecule has 0 bridgehead atoms. The molecule has 37 heavy (non-hydrogen) atoms. The van der Waals surface area contributed by atoms with Gasteiger partial charge in [0.25, 0.3) is 5.91 Å². The second-order valence-corrected chi connectivity index (χ2v) is 10.5. The van der Waals surface area contributed by atoms with Crippen molar-refractivity contribution in [2.24, 2.45) is 5.92 Å². The van der Waals surface area contributed by atoms with Crippen molar-refractivity contribution >= 4 is 23.1 Å². The maximum atomic E-state index is 13.0. The molecular weight excluding hydrogens is 468 g/mol. The number of rotatable bonds is 9. The largest absolute Gasteiger partial charge is 0.353 e. The Hall–Kier alpha value is -3.24. The average Bonchev–Trinajstić information content (AvgIpc) is 3.64. The van der Waals surface area contributed by atoms with Crippen molar-refractivity contribution in [3.8, 4) is 0 Å². The first-order valence-electron chi connectivity index (χ1n) is 13.4. The number of piperazine rings is 1. The Morgan fingerprint density at radius 2 is 1.92 bits per heavy atom. The van der Waals surface area contributed by atoms with E-state index in [0.717, 1.165) is 74.3 Å². The second-order valence-electron chi connectivity index (χ2n) is 10.5. The molecule has 1 atom stereocenters. The summed E-state index contributed by atoms with van der Waals surface area (Å²) in [6.45, 7) is 9.94. The highest BCUT2D eigenvalue weighted by Crippen LogP contribution is 2.29. The molecule has 10 heteroatoms. The normalized spacial score (nSPS) is 20.9. The summed E-state index contributed by atoms with van der Waals surface area (Å²) in [4.78, 5) is 34.9. The molecule has 10 nitrogen and oxygen atoms in total. The zero-order valence-corrected chi connectivity index (χ0v) is 22.1. The van der Waals surface area contributed by atoms with Crippen LogP contribution in [0.1, 0.15) is 48.5 Å². The molecule has 0 radical (unpaired) electrons. The summed E-state index contributed by atoms with van der Waals surface area (Å²) in [5.41, 5.74) is 4.09. The van der Waals surface area contributed by atoms with Gasteiger partial charge in [-0.1, -0.05) is 6.08 Å². The Morgan fingerprint density at radius 1 is 1.14 bits per heavy atom. The van der Waals surface area contributed by atoms with E-state index in [-0.39, 0.29) is 17.7 Å². The Kier molecular flexibility index (Phi) is 7.57. The molecule has 2 amide bonds. The van der Waals surface area contributed by atoms with Gasteiger partial charge in [0.15, 0.2) is 5.82 Å². The van der Waals surface area contributed by atoms with E-state index >= 15 is 0 Å². The Morgan fingerprint density at radius 3 is 2.68 bits per heavy atom. The third kappa shape index (κ3) is 6.02. The predicted molar refractivity (Wildman–Crippen MR) is 143 cm³/mol. The van der Waals surface area contributed by atoms with E-state index in [9.17, 15) is 9.59 Å². The van der Waals surface area contributed by atoms with E-state index < -0.39 is 0 Å². The second kappa shape index (κ2) is 11.0. The number of hydrogen-bond donors (Lipinski definition) is 3. The molecule has 1 saturated carbocycles. The van der Waals surface area contributed by atoms with Gasteiger partial charge in [-0.15, -0.1) is 0 Å². The smallest absolute Gasteiger partial charge is 0.253 e. The summed E-state index contributed by atoms with van der Waals surface area (Å²) in [5, 5.41) is 13.9. The van der Waals surface area contributed by atoms with Gasteiger partial charge in [0, 0.05) is 50.7 Å². The van der Waals surface area contributed by atoms with Gasteiger partial charge < -0.3 is 25.8 Å². The zero-order chi connectivity index (χ0) is 25.9. The van der Waals surface area contributed by atoms with Crippen molar-refractivity contribution in [1.82, 2.24) is 35.0 Å². The number of aromatic nitrogens is 3. The van der Waals surface area contributed by atoms with Gasteiger partial charge in [-0.2, -0.15) is 5.10 Å². The highest BCUT2D eigenvalue weighted by molar-refractivity contribution is 5.99. The van der Waals surface area contributed by atoms with E-state index in [4.69, 9.17) is 0 Å². The number of carbonyl (C=O) groups excluding carboxylic acids is 2. The molecule has 2 aliphatic carbocycles. The molecule has 2 aromatic rings. The van der Waals surface area contributed by atoms with Gasteiger partial charge in [-0.25, -0.2) is 9.50 Å². The van der Waals surface area contributed by atoms with Gasteiger partial charge in [0.2, 0.25) is 5.91 Å². The molecule has 1 saturated heterocycles. The number of fused-ring (bicyclic) bond motifs is 1. The number of anilines is 1. The highest BCUT2D eigenvalue weighted by atomic mass is 16.2. The maximum absolute atomic E-state index is 13.0. The fourth-order valence-corrected chi connectivity index (χ4v) is 4.95. The summed E-state index contributed by atoms with van der Waals surface area (Å²) >= 11 is 0. The number of amides is 2. The summed E-state index contributed by atoms with van der Waals surface area (Å²) in [6, 6.07) is 0.338. The summed E-state index contributed by atoms with van der Waals surface area (Å²) < 4.78 is 1.70. The lowest BCUT2D eigenvalue weighted by molar-refractivity contribution is -0.123. The lowest BCUT2D eigenvalue weighted by Gasteiger charge is -2.32. The fourth-order valence-electron chi connectivity index (χ4n) is 4.95. The lowest BCUT2D eigenvalue weighted by atomic mass is 9.94. The SMILES string of the molecule is CC1=CCC(C(=O)NC2CC2)C=C1Nc1ncnn2cc(C(=O)NCCCN3CCN(C)CC3)c(C)c12. The molecule has 2 aromatic heterocycles. The van der Waals surface area contributed by atoms with Crippen LogP contribution in [0.4, 0.5) is 5.82 Å². The standard InChI is InChI=1S/C27H38N8O2/c1-18-5-6-20(26(36)31-21-7-8-21)15-23(18)32-25-24-19(2)22(16-35(24)30-17-29-25)27(37)28-9-4-10-34-13-11-33(3)12-14-34/h5,15-17,20-21H,4,6-14H2,1-3H3,(H,28,37)(H,31,36)(H,29,30,32). The molecule has 1 unspecified atom stereocenters. The topological polar surface area (TPSA) is 107 Å². The van der Waals surface area contributed by atoms with Crippen molar-refractivity contribution in [3.63, 3.8) is 0 Å². The molecule has 0 aromatic carbocycles. The van der Waals surface area contributed by atoms with Crippen LogP contribution in [0.25, 0.3) is 5.52 Å². The van der Waals surface area contributed by atoms with Crippen LogP contribution in [0, 0.1) is 12.8 Å². The number of nitrogens with one attached hydrogen (secondary N) is 3. The van der Waals surface area contributed by atoms with E-state index in [1.165, 1.54) is 6.33 Å². The fraction of sp³-hybridized carbons (Fsp3) is 0.556. The first-order valence-corrected chi connectivity index (χ1v) is 13.4. The number of nitrogens with zero attached hydrogens (tertiary/aromatic N) is 5. The van der Waals surface area contributed by atoms with Gasteiger partial charge in [0.1, 0.15) is 11.8 Å². The van der Waals surface area contributed by atoms with Crippen LogP contribution in [0.5, 0.6) is 0 Å². The van der Waals surface area contributed by atoms with Crippen molar-refractivity contribution in [2.45, 2.75) is 45.6 Å². The third-order valence-electron chi connectivity index (χ3n) is 7.59. The summed E-state index contributed by atoms with van der Waals surface area (Å²) in [6.07, 6.45) is 11.1. The van der Waals surface area contributed by atoms with E-state index in [0.29, 0.717) is 30.4 Å². The van der Waals surface area contributed by atoms with Crippen LogP contribution in [0.15, 0.2) is 35.9 Å². The van der Waals surface area contributed by atoms with Crippen LogP contribution in [0.3, 0.4) is 0 Å². The number of aryl methyl sites for hydroxylation is 1. The van der Waals surface area contributed by atoms with Crippen LogP contribution in [-0.4, -0.2) is 88.6 Å². The molecule has 3 aliphatic rings. The zero-order valence-electron chi connectivity index (χ0n) is 22.1. The van der Waals surface area contributed by atoms with Gasteiger partial charge in [0.05, 0.1) is 11.5 Å². The van der Waals surface area contributed by atoms with Crippen molar-refractivity contribution < 1.29 is 9.59 Å². The van der Waals surface area contributed by atoms with Crippen molar-refractivity contribution in [3.05, 3.63) is 47.1 Å². The van der Waals surface area contributed by atoms with Gasteiger partial charge in [-0.3, -0.25) is 9.59 Å². The molecule has 2 fully saturated rings. The minimum atomic E-state index is -0.204. The number of carbonyl (C=O) groups is 2. The molecule has 198 valence electrons. The first kappa shape index (κ1) is 25.4. The molecule has 3 N–H and O–H groups in total. The Balaban J connectivity index is 1.24. The minimum absolute atomic E-state index is 0.0730. The van der Waals surface area contributed by atoms with E-state index in [2.05, 4.69) is 49.0 Å². The van der Waals surface area contributed by atoms with E-state index in [1.54, 1.807) is 10.7 Å². The average molecular weight is 507 g/mol. The molecule has 3 heterocycles. The van der Waals surface area contributed by atoms with Gasteiger partial charge >= 0.3 is 0 Å². The Bertz CT molecular complexity index is 1220. The molecule has 0 spiro atoms. The first-order chi connectivity index (χ1) is 17.9. The maximum Gasteiger partial charge on any atom is 0.253 e. The number of likely N-dealkylation sites (N-methyl/N-ethyl adjacent to an activating group) is 1. The highest BCUT2D eigenvalue weighted by Gasteiger charge is 2.28. The number of hydrogen-bond acceptors (Lipinski definition) is 7. The molecule has 1 aliphatic heterocycles. The Labute approximate surface area is 218 Å². The van der Waals surface area contributed by atoms with Crippen LogP contribution in [0.2, 0.25) is 0 Å². The molecular formula is C27H38N8O2. The summed E-state index contributed by atoms with van der Waals surface area (Å²) in [7, 11) is 2.15. The monoisotopic (exact) mass is 506 g/mol. The third-order valence-corrected chi connectivity index (χ3v) is 7.59. The van der Waals surface area contributed by atoms with E-state index in [1.807, 2.05) is 19.9 Å². The van der Waals surface area contributed by atoms with Crippen LogP contribution in [-0.2, 0) is 4.79 Å². The predicted octanol–water partition coefficient (Wildman–Crippen LogP) is 1.95. The summed E-state index contributed by atoms with van der Waals surface area (Å²) in [5.74, 6) is 0.384. The number of allylic oxidation sites excluding steroid dienone is 2. The van der Waals surface area contributed by atoms with Crippen LogP contribution < -0.4 is 16.0 Å². The van der Waals surface area contributed by atoms with Crippen molar-refractivity contribution in [1.29, 1.82) is 0 Å². The lowest BCUT2D eigenvalue weighted by Crippen LogP contribution is -2.45. The molecule has 5 rings (SSSR count). The quantitative estimate of drug-likeness (QED) is 0.446. The van der Waals surface area contributed by atoms with Gasteiger partial charge in [-0.05, 0) is 70.3 Å².